The van der Waals surface area contributed by atoms with E-state index in [0.717, 1.165) is 0 Å². The van der Waals surface area contributed by atoms with Crippen molar-refractivity contribution >= 4 is 11.9 Å². The van der Waals surface area contributed by atoms with E-state index in [1.165, 1.54) is 11.2 Å². The Kier molecular flexibility index (Phi) is 6.30. The van der Waals surface area contributed by atoms with Crippen molar-refractivity contribution in [2.45, 2.75) is 32.7 Å². The molecule has 1 amide bonds. The molecule has 0 spiro atoms. The smallest absolute Gasteiger partial charge is 0.303 e. The van der Waals surface area contributed by atoms with Gasteiger partial charge in [0, 0.05) is 19.4 Å². The van der Waals surface area contributed by atoms with Crippen LogP contribution in [0.3, 0.4) is 0 Å². The van der Waals surface area contributed by atoms with Crippen LogP contribution in [-0.4, -0.2) is 28.4 Å². The molecular weight excluding hydrogens is 260 g/mol. The van der Waals surface area contributed by atoms with Gasteiger partial charge >= 0.3 is 5.97 Å². The number of hydrogen-bond acceptors (Lipinski definition) is 4. The molecule has 1 heterocycles. The molecule has 0 saturated carbocycles. The fourth-order valence-corrected chi connectivity index (χ4v) is 1.87. The number of hydrogen-bond donors (Lipinski definition) is 1. The van der Waals surface area contributed by atoms with Gasteiger partial charge in [0.15, 0.2) is 0 Å². The van der Waals surface area contributed by atoms with Gasteiger partial charge in [0.25, 0.3) is 0 Å². The van der Waals surface area contributed by atoms with Crippen molar-refractivity contribution in [1.29, 1.82) is 5.26 Å². The Bertz CT molecular complexity index is 476. The van der Waals surface area contributed by atoms with Gasteiger partial charge in [0.1, 0.15) is 5.76 Å². The molecule has 0 aliphatic rings. The summed E-state index contributed by atoms with van der Waals surface area (Å²) in [5.41, 5.74) is 0. The van der Waals surface area contributed by atoms with E-state index in [4.69, 9.17) is 14.8 Å². The maximum absolute atomic E-state index is 12.1. The van der Waals surface area contributed by atoms with Crippen molar-refractivity contribution in [2.75, 3.05) is 6.54 Å². The Morgan fingerprint density at radius 2 is 2.25 bits per heavy atom. The molecular formula is C14H18N2O4. The third-order valence-electron chi connectivity index (χ3n) is 2.82. The molecule has 0 saturated heterocycles. The molecule has 0 radical (unpaired) electrons. The van der Waals surface area contributed by atoms with Gasteiger partial charge in [0.05, 0.1) is 25.3 Å². The number of aliphatic carboxylic acids is 1. The van der Waals surface area contributed by atoms with E-state index in [1.807, 2.05) is 6.07 Å². The molecule has 108 valence electrons. The van der Waals surface area contributed by atoms with Gasteiger partial charge in [-0.05, 0) is 18.1 Å². The molecule has 1 rings (SSSR count). The maximum Gasteiger partial charge on any atom is 0.303 e. The normalized spacial score (nSPS) is 11.6. The summed E-state index contributed by atoms with van der Waals surface area (Å²) in [6.45, 7) is 2.34. The van der Waals surface area contributed by atoms with Crippen molar-refractivity contribution in [3.63, 3.8) is 0 Å². The van der Waals surface area contributed by atoms with Crippen LogP contribution in [0, 0.1) is 17.2 Å². The first-order valence-corrected chi connectivity index (χ1v) is 6.41. The highest BCUT2D eigenvalue weighted by molar-refractivity contribution is 5.77. The van der Waals surface area contributed by atoms with Gasteiger partial charge in [-0.3, -0.25) is 9.59 Å². The van der Waals surface area contributed by atoms with E-state index < -0.39 is 5.97 Å². The fraction of sp³-hybridized carbons (Fsp3) is 0.500. The molecule has 6 nitrogen and oxygen atoms in total. The number of nitriles is 1. The summed E-state index contributed by atoms with van der Waals surface area (Å²) >= 11 is 0. The topological polar surface area (TPSA) is 94.5 Å². The van der Waals surface area contributed by atoms with Gasteiger partial charge in [-0.25, -0.2) is 0 Å². The van der Waals surface area contributed by atoms with Gasteiger partial charge < -0.3 is 14.4 Å². The Hall–Kier alpha value is -2.29. The van der Waals surface area contributed by atoms with Crippen LogP contribution in [0.1, 0.15) is 31.9 Å². The van der Waals surface area contributed by atoms with Crippen molar-refractivity contribution in [2.24, 2.45) is 5.92 Å². The monoisotopic (exact) mass is 278 g/mol. The molecule has 1 aromatic rings. The molecule has 1 aromatic heterocycles. The van der Waals surface area contributed by atoms with E-state index in [9.17, 15) is 9.59 Å². The first-order valence-electron chi connectivity index (χ1n) is 6.41. The van der Waals surface area contributed by atoms with Crippen LogP contribution in [0.15, 0.2) is 22.8 Å². The quantitative estimate of drug-likeness (QED) is 0.785. The first kappa shape index (κ1) is 15.8. The second-order valence-electron chi connectivity index (χ2n) is 4.71. The summed E-state index contributed by atoms with van der Waals surface area (Å²) in [7, 11) is 0. The third kappa shape index (κ3) is 5.57. The Morgan fingerprint density at radius 3 is 2.80 bits per heavy atom. The minimum absolute atomic E-state index is 0.0431. The van der Waals surface area contributed by atoms with E-state index in [-0.39, 0.29) is 31.1 Å². The van der Waals surface area contributed by atoms with Crippen LogP contribution in [0.25, 0.3) is 0 Å². The number of carbonyl (C=O) groups excluding carboxylic acids is 1. The molecule has 1 N–H and O–H groups in total. The lowest BCUT2D eigenvalue weighted by molar-refractivity contribution is -0.138. The lowest BCUT2D eigenvalue weighted by Crippen LogP contribution is -2.32. The second kappa shape index (κ2) is 8.00. The summed E-state index contributed by atoms with van der Waals surface area (Å²) in [5.74, 6) is -0.673. The average molecular weight is 278 g/mol. The largest absolute Gasteiger partial charge is 0.481 e. The van der Waals surface area contributed by atoms with Crippen molar-refractivity contribution in [3.8, 4) is 6.07 Å². The highest BCUT2D eigenvalue weighted by atomic mass is 16.4. The van der Waals surface area contributed by atoms with Crippen molar-refractivity contribution < 1.29 is 19.1 Å². The Labute approximate surface area is 117 Å². The molecule has 0 aliphatic heterocycles. The first-order chi connectivity index (χ1) is 9.52. The SMILES string of the molecule is CC(CC(=O)O)CC(=O)N(CCC#N)Cc1ccco1. The zero-order chi connectivity index (χ0) is 15.0. The predicted octanol–water partition coefficient (Wildman–Crippen LogP) is 2.02. The Balaban J connectivity index is 2.59. The highest BCUT2D eigenvalue weighted by Gasteiger charge is 2.19. The van der Waals surface area contributed by atoms with Gasteiger partial charge in [-0.1, -0.05) is 6.92 Å². The van der Waals surface area contributed by atoms with Crippen LogP contribution < -0.4 is 0 Å². The molecule has 0 aliphatic carbocycles. The highest BCUT2D eigenvalue weighted by Crippen LogP contribution is 2.13. The number of furan rings is 1. The standard InChI is InChI=1S/C14H18N2O4/c1-11(9-14(18)19)8-13(17)16(6-3-5-15)10-12-4-2-7-20-12/h2,4,7,11H,3,6,8-10H2,1H3,(H,18,19). The van der Waals surface area contributed by atoms with Crippen LogP contribution in [0.5, 0.6) is 0 Å². The summed E-state index contributed by atoms with van der Waals surface area (Å²) < 4.78 is 5.19. The zero-order valence-electron chi connectivity index (χ0n) is 11.4. The van der Waals surface area contributed by atoms with Crippen LogP contribution >= 0.6 is 0 Å². The van der Waals surface area contributed by atoms with Gasteiger partial charge in [-0.15, -0.1) is 0 Å². The minimum Gasteiger partial charge on any atom is -0.481 e. The number of rotatable bonds is 8. The third-order valence-corrected chi connectivity index (χ3v) is 2.82. The predicted molar refractivity (Wildman–Crippen MR) is 70.4 cm³/mol. The van der Waals surface area contributed by atoms with E-state index in [1.54, 1.807) is 19.1 Å². The van der Waals surface area contributed by atoms with Crippen LogP contribution in [0.4, 0.5) is 0 Å². The van der Waals surface area contributed by atoms with Gasteiger partial charge in [-0.2, -0.15) is 5.26 Å². The number of nitrogens with zero attached hydrogens (tertiary/aromatic N) is 2. The fourth-order valence-electron chi connectivity index (χ4n) is 1.87. The van der Waals surface area contributed by atoms with Crippen molar-refractivity contribution in [3.05, 3.63) is 24.2 Å². The lowest BCUT2D eigenvalue weighted by atomic mass is 10.0. The van der Waals surface area contributed by atoms with E-state index >= 15 is 0 Å². The lowest BCUT2D eigenvalue weighted by Gasteiger charge is -2.22. The number of amides is 1. The maximum atomic E-state index is 12.1. The van der Waals surface area contributed by atoms with Crippen LogP contribution in [-0.2, 0) is 16.1 Å². The second-order valence-corrected chi connectivity index (χ2v) is 4.71. The Morgan fingerprint density at radius 1 is 1.50 bits per heavy atom. The number of carbonyl (C=O) groups is 2. The molecule has 6 heteroatoms. The average Bonchev–Trinajstić information content (AvgIpc) is 2.85. The van der Waals surface area contributed by atoms with Gasteiger partial charge in [0.2, 0.25) is 5.91 Å². The van der Waals surface area contributed by atoms with Crippen molar-refractivity contribution in [1.82, 2.24) is 4.90 Å². The molecule has 1 unspecified atom stereocenters. The summed E-state index contributed by atoms with van der Waals surface area (Å²) in [4.78, 5) is 24.3. The van der Waals surface area contributed by atoms with E-state index in [0.29, 0.717) is 18.8 Å². The van der Waals surface area contributed by atoms with E-state index in [2.05, 4.69) is 0 Å². The zero-order valence-corrected chi connectivity index (χ0v) is 11.4. The number of carboxylic acid groups (broad SMARTS) is 1. The molecule has 0 bridgehead atoms. The van der Waals surface area contributed by atoms with Crippen LogP contribution in [0.2, 0.25) is 0 Å². The molecule has 0 fully saturated rings. The molecule has 1 atom stereocenters. The minimum atomic E-state index is -0.917. The summed E-state index contributed by atoms with van der Waals surface area (Å²) in [6.07, 6.45) is 1.87. The number of carboxylic acids is 1. The summed E-state index contributed by atoms with van der Waals surface area (Å²) in [5, 5.41) is 17.3. The molecule has 20 heavy (non-hydrogen) atoms. The summed E-state index contributed by atoms with van der Waals surface area (Å²) in [6, 6.07) is 5.49. The molecule has 0 aromatic carbocycles.